The molecule has 0 saturated heterocycles. The van der Waals surface area contributed by atoms with Crippen molar-refractivity contribution in [3.63, 3.8) is 0 Å². The van der Waals surface area contributed by atoms with Crippen molar-refractivity contribution in [3.05, 3.63) is 54.4 Å². The number of pyridine rings is 1. The zero-order chi connectivity index (χ0) is 19.0. The van der Waals surface area contributed by atoms with Gasteiger partial charge in [0.1, 0.15) is 11.0 Å². The summed E-state index contributed by atoms with van der Waals surface area (Å²) in [6, 6.07) is 9.13. The van der Waals surface area contributed by atoms with Crippen LogP contribution in [0.25, 0.3) is 0 Å². The van der Waals surface area contributed by atoms with Crippen LogP contribution in [0.2, 0.25) is 0 Å². The van der Waals surface area contributed by atoms with E-state index < -0.39 is 21.1 Å². The van der Waals surface area contributed by atoms with Crippen molar-refractivity contribution in [2.24, 2.45) is 0 Å². The Bertz CT molecular complexity index is 808. The molecule has 0 aliphatic rings. The van der Waals surface area contributed by atoms with E-state index in [4.69, 9.17) is 4.74 Å². The SMILES string of the molecule is CCCNC(=O)NC[C@@H](c1cccnc1)S(=O)(=O)c1ccc(OC)cc1. The van der Waals surface area contributed by atoms with Crippen molar-refractivity contribution in [3.8, 4) is 5.75 Å². The molecule has 0 bridgehead atoms. The van der Waals surface area contributed by atoms with Crippen molar-refractivity contribution in [2.45, 2.75) is 23.5 Å². The maximum atomic E-state index is 13.1. The number of benzene rings is 1. The smallest absolute Gasteiger partial charge is 0.314 e. The summed E-state index contributed by atoms with van der Waals surface area (Å²) in [6.07, 6.45) is 3.86. The number of urea groups is 1. The first-order chi connectivity index (χ1) is 12.5. The van der Waals surface area contributed by atoms with Gasteiger partial charge in [0.05, 0.1) is 12.0 Å². The Morgan fingerprint density at radius 3 is 2.50 bits per heavy atom. The lowest BCUT2D eigenvalue weighted by Gasteiger charge is -2.19. The first-order valence-corrected chi connectivity index (χ1v) is 9.83. The Morgan fingerprint density at radius 2 is 1.92 bits per heavy atom. The van der Waals surface area contributed by atoms with E-state index in [2.05, 4.69) is 15.6 Å². The van der Waals surface area contributed by atoms with Gasteiger partial charge in [-0.2, -0.15) is 0 Å². The first-order valence-electron chi connectivity index (χ1n) is 8.28. The number of nitrogens with zero attached hydrogens (tertiary/aromatic N) is 1. The molecule has 1 atom stereocenters. The van der Waals surface area contributed by atoms with Crippen LogP contribution in [0.5, 0.6) is 5.75 Å². The third kappa shape index (κ3) is 4.95. The monoisotopic (exact) mass is 377 g/mol. The van der Waals surface area contributed by atoms with Gasteiger partial charge in [-0.05, 0) is 42.3 Å². The van der Waals surface area contributed by atoms with E-state index in [-0.39, 0.29) is 11.4 Å². The van der Waals surface area contributed by atoms with Crippen molar-refractivity contribution in [1.29, 1.82) is 0 Å². The Kier molecular flexibility index (Phi) is 6.97. The Labute approximate surface area is 153 Å². The van der Waals surface area contributed by atoms with Gasteiger partial charge >= 0.3 is 6.03 Å². The van der Waals surface area contributed by atoms with E-state index >= 15 is 0 Å². The van der Waals surface area contributed by atoms with Gasteiger partial charge in [0.15, 0.2) is 9.84 Å². The lowest BCUT2D eigenvalue weighted by molar-refractivity contribution is 0.241. The summed E-state index contributed by atoms with van der Waals surface area (Å²) in [5.74, 6) is 0.568. The van der Waals surface area contributed by atoms with E-state index in [1.807, 2.05) is 6.92 Å². The molecular formula is C18H23N3O4S. The van der Waals surface area contributed by atoms with Crippen LogP contribution >= 0.6 is 0 Å². The molecule has 0 fully saturated rings. The zero-order valence-corrected chi connectivity index (χ0v) is 15.6. The highest BCUT2D eigenvalue weighted by Crippen LogP contribution is 2.29. The molecule has 8 heteroatoms. The maximum Gasteiger partial charge on any atom is 0.314 e. The summed E-state index contributed by atoms with van der Waals surface area (Å²) in [4.78, 5) is 16.0. The van der Waals surface area contributed by atoms with Crippen molar-refractivity contribution in [2.75, 3.05) is 20.2 Å². The highest BCUT2D eigenvalue weighted by molar-refractivity contribution is 7.91. The Morgan fingerprint density at radius 1 is 1.19 bits per heavy atom. The van der Waals surface area contributed by atoms with Crippen LogP contribution < -0.4 is 15.4 Å². The Balaban J connectivity index is 2.28. The fourth-order valence-electron chi connectivity index (χ4n) is 2.39. The van der Waals surface area contributed by atoms with Crippen LogP contribution in [-0.2, 0) is 9.84 Å². The van der Waals surface area contributed by atoms with Gasteiger partial charge in [-0.15, -0.1) is 0 Å². The first kappa shape index (κ1) is 19.7. The second kappa shape index (κ2) is 9.19. The number of rotatable bonds is 8. The predicted octanol–water partition coefficient (Wildman–Crippen LogP) is 2.31. The van der Waals surface area contributed by atoms with Gasteiger partial charge in [0.2, 0.25) is 0 Å². The standard InChI is InChI=1S/C18H23N3O4S/c1-3-10-20-18(22)21-13-17(14-5-4-11-19-12-14)26(23,24)16-8-6-15(25-2)7-9-16/h4-9,11-12,17H,3,10,13H2,1-2H3,(H2,20,21,22)/t17-/m0/s1. The fraction of sp³-hybridized carbons (Fsp3) is 0.333. The normalized spacial score (nSPS) is 12.2. The van der Waals surface area contributed by atoms with Crippen LogP contribution in [0.4, 0.5) is 4.79 Å². The quantitative estimate of drug-likeness (QED) is 0.736. The van der Waals surface area contributed by atoms with E-state index in [1.165, 1.54) is 25.4 Å². The number of hydrogen-bond donors (Lipinski definition) is 2. The number of methoxy groups -OCH3 is 1. The molecule has 2 aromatic rings. The van der Waals surface area contributed by atoms with Gasteiger partial charge in [0, 0.05) is 25.5 Å². The molecule has 2 amide bonds. The number of carbonyl (C=O) groups is 1. The molecule has 0 spiro atoms. The highest BCUT2D eigenvalue weighted by atomic mass is 32.2. The number of hydrogen-bond acceptors (Lipinski definition) is 5. The summed E-state index contributed by atoms with van der Waals surface area (Å²) < 4.78 is 31.3. The molecule has 0 aliphatic heterocycles. The van der Waals surface area contributed by atoms with E-state index in [0.717, 1.165) is 6.42 Å². The largest absolute Gasteiger partial charge is 0.497 e. The second-order valence-corrected chi connectivity index (χ2v) is 7.76. The van der Waals surface area contributed by atoms with Crippen molar-refractivity contribution < 1.29 is 17.9 Å². The average molecular weight is 377 g/mol. The minimum Gasteiger partial charge on any atom is -0.497 e. The summed E-state index contributed by atoms with van der Waals surface area (Å²) in [7, 11) is -2.22. The molecule has 2 rings (SSSR count). The number of nitrogens with one attached hydrogen (secondary N) is 2. The lowest BCUT2D eigenvalue weighted by atomic mass is 10.2. The third-order valence-corrected chi connectivity index (χ3v) is 5.92. The third-order valence-electron chi connectivity index (χ3n) is 3.80. The number of ether oxygens (including phenoxy) is 1. The molecule has 0 radical (unpaired) electrons. The van der Waals surface area contributed by atoms with Gasteiger partial charge in [-0.25, -0.2) is 13.2 Å². The molecule has 140 valence electrons. The molecule has 1 aromatic carbocycles. The topological polar surface area (TPSA) is 97.4 Å². The minimum atomic E-state index is -3.73. The molecular weight excluding hydrogens is 354 g/mol. The average Bonchev–Trinajstić information content (AvgIpc) is 2.67. The van der Waals surface area contributed by atoms with Crippen LogP contribution in [-0.4, -0.2) is 39.6 Å². The van der Waals surface area contributed by atoms with Crippen LogP contribution in [0.3, 0.4) is 0 Å². The molecule has 2 N–H and O–H groups in total. The molecule has 0 aliphatic carbocycles. The molecule has 1 heterocycles. The van der Waals surface area contributed by atoms with Gasteiger partial charge in [-0.3, -0.25) is 4.98 Å². The van der Waals surface area contributed by atoms with Crippen LogP contribution in [0.1, 0.15) is 24.2 Å². The number of aromatic nitrogens is 1. The molecule has 26 heavy (non-hydrogen) atoms. The van der Waals surface area contributed by atoms with Gasteiger partial charge < -0.3 is 15.4 Å². The predicted molar refractivity (Wildman–Crippen MR) is 98.9 cm³/mol. The fourth-order valence-corrected chi connectivity index (χ4v) is 4.03. The summed E-state index contributed by atoms with van der Waals surface area (Å²) >= 11 is 0. The number of amides is 2. The molecule has 1 aromatic heterocycles. The van der Waals surface area contributed by atoms with Crippen LogP contribution in [0, 0.1) is 0 Å². The zero-order valence-electron chi connectivity index (χ0n) is 14.8. The Hall–Kier alpha value is -2.61. The summed E-state index contributed by atoms with van der Waals surface area (Å²) in [5, 5.41) is 4.35. The summed E-state index contributed by atoms with van der Waals surface area (Å²) in [5.41, 5.74) is 0.513. The lowest BCUT2D eigenvalue weighted by Crippen LogP contribution is -2.39. The van der Waals surface area contributed by atoms with Gasteiger partial charge in [-0.1, -0.05) is 13.0 Å². The van der Waals surface area contributed by atoms with E-state index in [1.54, 1.807) is 30.5 Å². The van der Waals surface area contributed by atoms with E-state index in [9.17, 15) is 13.2 Å². The summed E-state index contributed by atoms with van der Waals surface area (Å²) in [6.45, 7) is 2.40. The minimum absolute atomic E-state index is 0.0599. The molecule has 7 nitrogen and oxygen atoms in total. The maximum absolute atomic E-state index is 13.1. The molecule has 0 saturated carbocycles. The number of carbonyl (C=O) groups excluding carboxylic acids is 1. The molecule has 0 unspecified atom stereocenters. The van der Waals surface area contributed by atoms with Gasteiger partial charge in [0.25, 0.3) is 0 Å². The van der Waals surface area contributed by atoms with Crippen molar-refractivity contribution in [1.82, 2.24) is 15.6 Å². The highest BCUT2D eigenvalue weighted by Gasteiger charge is 2.29. The number of sulfone groups is 1. The second-order valence-electron chi connectivity index (χ2n) is 5.63. The van der Waals surface area contributed by atoms with Crippen molar-refractivity contribution >= 4 is 15.9 Å². The van der Waals surface area contributed by atoms with E-state index in [0.29, 0.717) is 17.9 Å². The van der Waals surface area contributed by atoms with Crippen LogP contribution in [0.15, 0.2) is 53.7 Å².